The van der Waals surface area contributed by atoms with Gasteiger partial charge in [0.2, 0.25) is 0 Å². The average molecular weight is 276 g/mol. The Bertz CT molecular complexity index is 511. The predicted octanol–water partition coefficient (Wildman–Crippen LogP) is 1.20. The number of nitrogens with zero attached hydrogens (tertiary/aromatic N) is 3. The van der Waals surface area contributed by atoms with Gasteiger partial charge in [-0.2, -0.15) is 0 Å². The number of imidazole rings is 1. The van der Waals surface area contributed by atoms with Crippen LogP contribution in [0.15, 0.2) is 30.6 Å². The molecule has 110 valence electrons. The minimum absolute atomic E-state index is 0.769. The molecule has 0 atom stereocenters. The Morgan fingerprint density at radius 3 is 2.95 bits per heavy atom. The summed E-state index contributed by atoms with van der Waals surface area (Å²) >= 11 is 0. The topological polar surface area (TPSA) is 42.3 Å². The van der Waals surface area contributed by atoms with E-state index in [1.165, 1.54) is 5.52 Å². The maximum absolute atomic E-state index is 5.00. The maximum Gasteiger partial charge on any atom is 0.0958 e. The molecule has 5 nitrogen and oxygen atoms in total. The van der Waals surface area contributed by atoms with Gasteiger partial charge < -0.3 is 19.5 Å². The first-order chi connectivity index (χ1) is 9.81. The van der Waals surface area contributed by atoms with Crippen LogP contribution in [-0.2, 0) is 11.3 Å². The third kappa shape index (κ3) is 4.30. The Morgan fingerprint density at radius 1 is 1.25 bits per heavy atom. The molecule has 0 saturated heterocycles. The normalized spacial score (nSPS) is 11.6. The molecule has 0 radical (unpaired) electrons. The molecule has 1 N–H and O–H groups in total. The van der Waals surface area contributed by atoms with E-state index in [0.29, 0.717) is 0 Å². The van der Waals surface area contributed by atoms with E-state index in [1.54, 1.807) is 7.11 Å². The summed E-state index contributed by atoms with van der Waals surface area (Å²) in [6, 6.07) is 8.26. The highest BCUT2D eigenvalue weighted by Gasteiger charge is 2.03. The second-order valence-corrected chi connectivity index (χ2v) is 4.97. The van der Waals surface area contributed by atoms with Crippen LogP contribution in [0.2, 0.25) is 0 Å². The average Bonchev–Trinajstić information content (AvgIpc) is 2.88. The summed E-state index contributed by atoms with van der Waals surface area (Å²) in [4.78, 5) is 6.74. The Kier molecular flexibility index (Phi) is 5.98. The van der Waals surface area contributed by atoms with E-state index in [1.807, 2.05) is 12.4 Å². The number of methoxy groups -OCH3 is 1. The standard InChI is InChI=1S/C15H24N4O/c1-18(9-7-16-8-12-20-2)10-11-19-13-17-14-5-3-4-6-15(14)19/h3-6,13,16H,7-12H2,1-2H3. The molecule has 2 aromatic rings. The first-order valence-electron chi connectivity index (χ1n) is 7.09. The van der Waals surface area contributed by atoms with Gasteiger partial charge in [0.15, 0.2) is 0 Å². The Hall–Kier alpha value is -1.43. The van der Waals surface area contributed by atoms with Crippen molar-refractivity contribution in [2.45, 2.75) is 6.54 Å². The number of likely N-dealkylation sites (N-methyl/N-ethyl adjacent to an activating group) is 1. The summed E-state index contributed by atoms with van der Waals surface area (Å²) < 4.78 is 7.21. The fraction of sp³-hybridized carbons (Fsp3) is 0.533. The highest BCUT2D eigenvalue weighted by molar-refractivity contribution is 5.74. The number of fused-ring (bicyclic) bond motifs is 1. The van der Waals surface area contributed by atoms with Crippen molar-refractivity contribution in [1.82, 2.24) is 19.8 Å². The summed E-state index contributed by atoms with van der Waals surface area (Å²) in [5.41, 5.74) is 2.27. The number of ether oxygens (including phenoxy) is 1. The van der Waals surface area contributed by atoms with Crippen LogP contribution in [0.1, 0.15) is 0 Å². The van der Waals surface area contributed by atoms with Gasteiger partial charge in [-0.05, 0) is 19.2 Å². The molecule has 2 rings (SSSR count). The molecule has 0 unspecified atom stereocenters. The van der Waals surface area contributed by atoms with E-state index in [0.717, 1.165) is 44.8 Å². The van der Waals surface area contributed by atoms with Crippen molar-refractivity contribution in [1.29, 1.82) is 0 Å². The molecule has 0 aliphatic heterocycles. The van der Waals surface area contributed by atoms with Crippen LogP contribution in [0.4, 0.5) is 0 Å². The molecule has 0 amide bonds. The minimum Gasteiger partial charge on any atom is -0.383 e. The number of hydrogen-bond acceptors (Lipinski definition) is 4. The lowest BCUT2D eigenvalue weighted by molar-refractivity contribution is 0.197. The number of rotatable bonds is 9. The van der Waals surface area contributed by atoms with Crippen molar-refractivity contribution in [2.75, 3.05) is 46.9 Å². The van der Waals surface area contributed by atoms with E-state index >= 15 is 0 Å². The van der Waals surface area contributed by atoms with Crippen molar-refractivity contribution < 1.29 is 4.74 Å². The van der Waals surface area contributed by atoms with Crippen molar-refractivity contribution >= 4 is 11.0 Å². The van der Waals surface area contributed by atoms with Gasteiger partial charge in [-0.1, -0.05) is 12.1 Å². The van der Waals surface area contributed by atoms with Crippen molar-refractivity contribution in [3.05, 3.63) is 30.6 Å². The van der Waals surface area contributed by atoms with E-state index in [-0.39, 0.29) is 0 Å². The van der Waals surface area contributed by atoms with Gasteiger partial charge >= 0.3 is 0 Å². The van der Waals surface area contributed by atoms with E-state index in [2.05, 4.69) is 45.0 Å². The molecule has 20 heavy (non-hydrogen) atoms. The van der Waals surface area contributed by atoms with Gasteiger partial charge in [-0.3, -0.25) is 0 Å². The van der Waals surface area contributed by atoms with Crippen molar-refractivity contribution in [3.8, 4) is 0 Å². The van der Waals surface area contributed by atoms with Crippen LogP contribution in [0.3, 0.4) is 0 Å². The maximum atomic E-state index is 5.00. The molecule has 0 bridgehead atoms. The first-order valence-corrected chi connectivity index (χ1v) is 7.09. The molecular weight excluding hydrogens is 252 g/mol. The monoisotopic (exact) mass is 276 g/mol. The van der Waals surface area contributed by atoms with Gasteiger partial charge in [0.05, 0.1) is 24.0 Å². The Labute approximate surface area is 120 Å². The Balaban J connectivity index is 1.72. The van der Waals surface area contributed by atoms with Crippen molar-refractivity contribution in [3.63, 3.8) is 0 Å². The lowest BCUT2D eigenvalue weighted by atomic mass is 10.3. The highest BCUT2D eigenvalue weighted by atomic mass is 16.5. The quantitative estimate of drug-likeness (QED) is 0.699. The third-order valence-electron chi connectivity index (χ3n) is 3.40. The molecule has 0 aliphatic carbocycles. The Morgan fingerprint density at radius 2 is 2.10 bits per heavy atom. The number of nitrogens with one attached hydrogen (secondary N) is 1. The predicted molar refractivity (Wildman–Crippen MR) is 82.0 cm³/mol. The molecule has 1 aromatic heterocycles. The molecule has 1 heterocycles. The second-order valence-electron chi connectivity index (χ2n) is 4.97. The molecule has 0 spiro atoms. The summed E-state index contributed by atoms with van der Waals surface area (Å²) in [5, 5.41) is 3.35. The van der Waals surface area contributed by atoms with Crippen LogP contribution in [0.25, 0.3) is 11.0 Å². The van der Waals surface area contributed by atoms with Gasteiger partial charge in [-0.25, -0.2) is 4.98 Å². The fourth-order valence-corrected chi connectivity index (χ4v) is 2.15. The lowest BCUT2D eigenvalue weighted by Crippen LogP contribution is -2.32. The number of benzene rings is 1. The minimum atomic E-state index is 0.769. The number of hydrogen-bond donors (Lipinski definition) is 1. The summed E-state index contributed by atoms with van der Waals surface area (Å²) in [6.07, 6.45) is 1.93. The van der Waals surface area contributed by atoms with E-state index in [4.69, 9.17) is 4.74 Å². The van der Waals surface area contributed by atoms with E-state index in [9.17, 15) is 0 Å². The van der Waals surface area contributed by atoms with Gasteiger partial charge in [0, 0.05) is 39.8 Å². The zero-order valence-corrected chi connectivity index (χ0v) is 12.4. The van der Waals surface area contributed by atoms with Crippen molar-refractivity contribution in [2.24, 2.45) is 0 Å². The number of aromatic nitrogens is 2. The summed E-state index contributed by atoms with van der Waals surface area (Å²) in [6.45, 7) is 5.70. The SMILES string of the molecule is COCCNCCN(C)CCn1cnc2ccccc21. The first kappa shape index (κ1) is 15.0. The van der Waals surface area contributed by atoms with Gasteiger partial charge in [-0.15, -0.1) is 0 Å². The lowest BCUT2D eigenvalue weighted by Gasteiger charge is -2.17. The molecular formula is C15H24N4O. The van der Waals surface area contributed by atoms with Crippen LogP contribution in [0, 0.1) is 0 Å². The van der Waals surface area contributed by atoms with E-state index < -0.39 is 0 Å². The molecule has 0 saturated carbocycles. The largest absolute Gasteiger partial charge is 0.383 e. The van der Waals surface area contributed by atoms with Gasteiger partial charge in [0.1, 0.15) is 0 Å². The smallest absolute Gasteiger partial charge is 0.0958 e. The zero-order chi connectivity index (χ0) is 14.2. The van der Waals surface area contributed by atoms with Crippen LogP contribution in [-0.4, -0.2) is 61.4 Å². The summed E-state index contributed by atoms with van der Waals surface area (Å²) in [7, 11) is 3.88. The fourth-order valence-electron chi connectivity index (χ4n) is 2.15. The zero-order valence-electron chi connectivity index (χ0n) is 12.4. The molecule has 0 aliphatic rings. The van der Waals surface area contributed by atoms with Gasteiger partial charge in [0.25, 0.3) is 0 Å². The highest BCUT2D eigenvalue weighted by Crippen LogP contribution is 2.11. The van der Waals surface area contributed by atoms with Crippen LogP contribution < -0.4 is 5.32 Å². The number of para-hydroxylation sites is 2. The molecule has 1 aromatic carbocycles. The molecule has 5 heteroatoms. The van der Waals surface area contributed by atoms with Crippen LogP contribution >= 0.6 is 0 Å². The third-order valence-corrected chi connectivity index (χ3v) is 3.40. The second kappa shape index (κ2) is 7.99. The molecule has 0 fully saturated rings. The van der Waals surface area contributed by atoms with Crippen LogP contribution in [0.5, 0.6) is 0 Å². The summed E-state index contributed by atoms with van der Waals surface area (Å²) in [5.74, 6) is 0.